The van der Waals surface area contributed by atoms with Gasteiger partial charge in [0.25, 0.3) is 0 Å². The predicted octanol–water partition coefficient (Wildman–Crippen LogP) is 1.93. The molecule has 7 nitrogen and oxygen atoms in total. The molecule has 3 aromatic rings. The first-order chi connectivity index (χ1) is 12.1. The topological polar surface area (TPSA) is 89.8 Å². The Morgan fingerprint density at radius 3 is 2.52 bits per heavy atom. The molecule has 0 saturated carbocycles. The second kappa shape index (κ2) is 7.82. The van der Waals surface area contributed by atoms with Crippen LogP contribution in [0, 0.1) is 0 Å². The summed E-state index contributed by atoms with van der Waals surface area (Å²) >= 11 is 0. The van der Waals surface area contributed by atoms with Crippen LogP contribution < -0.4 is 4.72 Å². The van der Waals surface area contributed by atoms with Gasteiger partial charge in [0.1, 0.15) is 0 Å². The fraction of sp³-hybridized carbons (Fsp3) is 0.118. The average Bonchev–Trinajstić information content (AvgIpc) is 3.10. The lowest BCUT2D eigenvalue weighted by molar-refractivity contribution is 0.582. The Bertz CT molecular complexity index is 937. The SMILES string of the molecule is O=S(=O)(/C=C/c1ccccc1)NCCn1ccnc1-c1ncccn1. The largest absolute Gasteiger partial charge is 0.327 e. The van der Waals surface area contributed by atoms with Crippen molar-refractivity contribution in [3.05, 3.63) is 72.2 Å². The highest BCUT2D eigenvalue weighted by atomic mass is 32.2. The number of sulfonamides is 1. The molecule has 0 unspecified atom stereocenters. The molecule has 0 amide bonds. The molecule has 0 atom stereocenters. The summed E-state index contributed by atoms with van der Waals surface area (Å²) in [5, 5.41) is 1.16. The van der Waals surface area contributed by atoms with E-state index in [9.17, 15) is 8.42 Å². The number of aromatic nitrogens is 4. The second-order valence-electron chi connectivity index (χ2n) is 5.17. The van der Waals surface area contributed by atoms with E-state index in [1.54, 1.807) is 41.5 Å². The fourth-order valence-corrected chi connectivity index (χ4v) is 3.01. The Morgan fingerprint density at radius 1 is 1.00 bits per heavy atom. The molecule has 0 aliphatic carbocycles. The molecule has 8 heteroatoms. The van der Waals surface area contributed by atoms with Crippen LogP contribution in [0.2, 0.25) is 0 Å². The summed E-state index contributed by atoms with van der Waals surface area (Å²) in [6, 6.07) is 11.0. The second-order valence-corrected chi connectivity index (χ2v) is 6.82. The van der Waals surface area contributed by atoms with Crippen molar-refractivity contribution in [2.45, 2.75) is 6.54 Å². The van der Waals surface area contributed by atoms with Gasteiger partial charge in [0.05, 0.1) is 0 Å². The lowest BCUT2D eigenvalue weighted by Gasteiger charge is -2.07. The number of nitrogens with one attached hydrogen (secondary N) is 1. The summed E-state index contributed by atoms with van der Waals surface area (Å²) in [7, 11) is -3.51. The van der Waals surface area contributed by atoms with Gasteiger partial charge in [-0.3, -0.25) is 0 Å². The van der Waals surface area contributed by atoms with Gasteiger partial charge in [-0.1, -0.05) is 30.3 Å². The minimum absolute atomic E-state index is 0.234. The fourth-order valence-electron chi connectivity index (χ4n) is 2.20. The van der Waals surface area contributed by atoms with Crippen molar-refractivity contribution < 1.29 is 8.42 Å². The molecule has 2 heterocycles. The van der Waals surface area contributed by atoms with Crippen molar-refractivity contribution >= 4 is 16.1 Å². The molecule has 1 N–H and O–H groups in total. The van der Waals surface area contributed by atoms with Crippen LogP contribution in [0.15, 0.2) is 66.6 Å². The third-order valence-electron chi connectivity index (χ3n) is 3.38. The number of rotatable bonds is 7. The van der Waals surface area contributed by atoms with Gasteiger partial charge >= 0.3 is 0 Å². The molecule has 0 fully saturated rings. The summed E-state index contributed by atoms with van der Waals surface area (Å²) in [6.45, 7) is 0.656. The Balaban J connectivity index is 1.60. The van der Waals surface area contributed by atoms with Crippen LogP contribution in [-0.2, 0) is 16.6 Å². The molecule has 0 aliphatic rings. The Labute approximate surface area is 146 Å². The normalized spacial score (nSPS) is 11.8. The van der Waals surface area contributed by atoms with E-state index in [0.29, 0.717) is 18.2 Å². The summed E-state index contributed by atoms with van der Waals surface area (Å²) in [5.41, 5.74) is 0.825. The Morgan fingerprint density at radius 2 is 1.76 bits per heavy atom. The van der Waals surface area contributed by atoms with Gasteiger partial charge in [0.15, 0.2) is 11.6 Å². The zero-order valence-electron chi connectivity index (χ0n) is 13.4. The first kappa shape index (κ1) is 17.0. The maximum Gasteiger partial charge on any atom is 0.233 e. The van der Waals surface area contributed by atoms with Crippen LogP contribution in [0.1, 0.15) is 5.56 Å². The lowest BCUT2D eigenvalue weighted by Crippen LogP contribution is -2.25. The summed E-state index contributed by atoms with van der Waals surface area (Å²) in [5.74, 6) is 1.10. The van der Waals surface area contributed by atoms with Gasteiger partial charge in [-0.2, -0.15) is 0 Å². The molecular formula is C17H17N5O2S. The number of hydrogen-bond donors (Lipinski definition) is 1. The van der Waals surface area contributed by atoms with Gasteiger partial charge in [-0.25, -0.2) is 28.1 Å². The van der Waals surface area contributed by atoms with E-state index < -0.39 is 10.0 Å². The number of hydrogen-bond acceptors (Lipinski definition) is 5. The number of imidazole rings is 1. The zero-order chi connectivity index (χ0) is 17.5. The van der Waals surface area contributed by atoms with Crippen molar-refractivity contribution in [1.82, 2.24) is 24.2 Å². The van der Waals surface area contributed by atoms with Gasteiger partial charge in [-0.15, -0.1) is 0 Å². The van der Waals surface area contributed by atoms with E-state index in [1.165, 1.54) is 0 Å². The summed E-state index contributed by atoms with van der Waals surface area (Å²) < 4.78 is 28.4. The minimum Gasteiger partial charge on any atom is -0.327 e. The molecule has 2 aromatic heterocycles. The Hall–Kier alpha value is -2.84. The monoisotopic (exact) mass is 355 g/mol. The lowest BCUT2D eigenvalue weighted by atomic mass is 10.2. The molecule has 0 saturated heterocycles. The van der Waals surface area contributed by atoms with Gasteiger partial charge in [-0.05, 0) is 17.7 Å². The minimum atomic E-state index is -3.51. The highest BCUT2D eigenvalue weighted by Gasteiger charge is 2.09. The van der Waals surface area contributed by atoms with Crippen molar-refractivity contribution in [2.75, 3.05) is 6.54 Å². The van der Waals surface area contributed by atoms with E-state index in [0.717, 1.165) is 11.0 Å². The van der Waals surface area contributed by atoms with Crippen LogP contribution in [0.25, 0.3) is 17.7 Å². The molecule has 128 valence electrons. The maximum absolute atomic E-state index is 12.0. The van der Waals surface area contributed by atoms with Crippen LogP contribution in [-0.4, -0.2) is 34.5 Å². The average molecular weight is 355 g/mol. The molecule has 0 radical (unpaired) electrons. The van der Waals surface area contributed by atoms with Crippen molar-refractivity contribution in [3.63, 3.8) is 0 Å². The van der Waals surface area contributed by atoms with Gasteiger partial charge < -0.3 is 4.57 Å². The molecule has 25 heavy (non-hydrogen) atoms. The molecule has 1 aromatic carbocycles. The molecule has 0 bridgehead atoms. The van der Waals surface area contributed by atoms with Gasteiger partial charge in [0.2, 0.25) is 10.0 Å². The molecular weight excluding hydrogens is 338 g/mol. The highest BCUT2D eigenvalue weighted by molar-refractivity contribution is 7.92. The third-order valence-corrected chi connectivity index (χ3v) is 4.48. The quantitative estimate of drug-likeness (QED) is 0.699. The van der Waals surface area contributed by atoms with E-state index >= 15 is 0 Å². The van der Waals surface area contributed by atoms with Crippen molar-refractivity contribution in [2.24, 2.45) is 0 Å². The van der Waals surface area contributed by atoms with E-state index in [4.69, 9.17) is 0 Å². The standard InChI is InChI=1S/C17H17N5O2S/c23-25(24,14-7-15-5-2-1-3-6-15)21-11-13-22-12-10-20-17(22)16-18-8-4-9-19-16/h1-10,12,14,21H,11,13H2/b14-7+. The molecule has 0 aliphatic heterocycles. The molecule has 3 rings (SSSR count). The van der Waals surface area contributed by atoms with E-state index in [1.807, 2.05) is 30.3 Å². The molecule has 0 spiro atoms. The summed E-state index contributed by atoms with van der Waals surface area (Å²) in [6.07, 6.45) is 8.23. The smallest absolute Gasteiger partial charge is 0.233 e. The van der Waals surface area contributed by atoms with Gasteiger partial charge in [0, 0.05) is 43.3 Å². The Kier molecular flexibility index (Phi) is 5.32. The maximum atomic E-state index is 12.0. The third kappa shape index (κ3) is 4.82. The predicted molar refractivity (Wildman–Crippen MR) is 95.7 cm³/mol. The van der Waals surface area contributed by atoms with Crippen LogP contribution >= 0.6 is 0 Å². The van der Waals surface area contributed by atoms with Crippen molar-refractivity contribution in [3.8, 4) is 11.6 Å². The first-order valence-electron chi connectivity index (χ1n) is 7.65. The highest BCUT2D eigenvalue weighted by Crippen LogP contribution is 2.10. The van der Waals surface area contributed by atoms with Crippen LogP contribution in [0.5, 0.6) is 0 Å². The van der Waals surface area contributed by atoms with Crippen molar-refractivity contribution in [1.29, 1.82) is 0 Å². The first-order valence-corrected chi connectivity index (χ1v) is 9.20. The number of benzene rings is 1. The zero-order valence-corrected chi connectivity index (χ0v) is 14.2. The van der Waals surface area contributed by atoms with Crippen LogP contribution in [0.4, 0.5) is 0 Å². The van der Waals surface area contributed by atoms with Crippen LogP contribution in [0.3, 0.4) is 0 Å². The van der Waals surface area contributed by atoms with E-state index in [2.05, 4.69) is 19.7 Å². The summed E-state index contributed by atoms with van der Waals surface area (Å²) in [4.78, 5) is 12.5. The number of nitrogens with zero attached hydrogens (tertiary/aromatic N) is 4. The van der Waals surface area contributed by atoms with E-state index in [-0.39, 0.29) is 6.54 Å².